The van der Waals surface area contributed by atoms with E-state index in [1.165, 1.54) is 0 Å². The molecule has 8 heteroatoms. The summed E-state index contributed by atoms with van der Waals surface area (Å²) in [4.78, 5) is 26.9. The minimum atomic E-state index is -0.573. The van der Waals surface area contributed by atoms with Crippen LogP contribution in [0.25, 0.3) is 5.65 Å². The van der Waals surface area contributed by atoms with E-state index < -0.39 is 11.7 Å². The number of carbonyl (C=O) groups excluding carboxylic acids is 2. The van der Waals surface area contributed by atoms with Crippen molar-refractivity contribution in [2.75, 3.05) is 11.9 Å². The number of nitrogens with one attached hydrogen (secondary N) is 1. The molecule has 2 amide bonds. The normalized spacial score (nSPS) is 16.6. The van der Waals surface area contributed by atoms with Gasteiger partial charge in [0, 0.05) is 24.0 Å². The summed E-state index contributed by atoms with van der Waals surface area (Å²) >= 11 is 0. The van der Waals surface area contributed by atoms with Gasteiger partial charge in [-0.2, -0.15) is 0 Å². The number of ether oxygens (including phenoxy) is 1. The summed E-state index contributed by atoms with van der Waals surface area (Å²) in [7, 11) is 0. The number of carbonyl (C=O) groups is 2. The zero-order chi connectivity index (χ0) is 21.3. The third kappa shape index (κ3) is 4.12. The molecule has 0 radical (unpaired) electrons. The van der Waals surface area contributed by atoms with Gasteiger partial charge in [-0.05, 0) is 70.0 Å². The SMILES string of the molecule is CC(C)(C)OC(=O)Nc1ccc(C(=O)N2CCC[C@@H]2c2nnc3ccccn23)cc1. The molecule has 3 heterocycles. The third-order valence-electron chi connectivity index (χ3n) is 4.93. The van der Waals surface area contributed by atoms with E-state index in [9.17, 15) is 9.59 Å². The Hall–Kier alpha value is -3.42. The van der Waals surface area contributed by atoms with Crippen LogP contribution < -0.4 is 5.32 Å². The van der Waals surface area contributed by atoms with Crippen LogP contribution in [0.2, 0.25) is 0 Å². The minimum absolute atomic E-state index is 0.0611. The van der Waals surface area contributed by atoms with Gasteiger partial charge in [0.15, 0.2) is 11.5 Å². The second-order valence-corrected chi connectivity index (χ2v) is 8.35. The van der Waals surface area contributed by atoms with Crippen LogP contribution in [0.5, 0.6) is 0 Å². The van der Waals surface area contributed by atoms with Crippen LogP contribution in [-0.2, 0) is 4.74 Å². The minimum Gasteiger partial charge on any atom is -0.444 e. The van der Waals surface area contributed by atoms with Crippen LogP contribution in [0, 0.1) is 0 Å². The number of hydrogen-bond donors (Lipinski definition) is 1. The van der Waals surface area contributed by atoms with Crippen LogP contribution in [0.1, 0.15) is 55.8 Å². The molecule has 8 nitrogen and oxygen atoms in total. The molecule has 2 aromatic heterocycles. The Labute approximate surface area is 174 Å². The van der Waals surface area contributed by atoms with Gasteiger partial charge in [0.25, 0.3) is 5.91 Å². The summed E-state index contributed by atoms with van der Waals surface area (Å²) in [5.74, 6) is 0.716. The highest BCUT2D eigenvalue weighted by molar-refractivity contribution is 5.95. The van der Waals surface area contributed by atoms with Gasteiger partial charge in [-0.3, -0.25) is 14.5 Å². The van der Waals surface area contributed by atoms with Crippen molar-refractivity contribution in [3.63, 3.8) is 0 Å². The zero-order valence-electron chi connectivity index (χ0n) is 17.3. The fourth-order valence-corrected chi connectivity index (χ4v) is 3.65. The molecule has 0 spiro atoms. The van der Waals surface area contributed by atoms with Crippen LogP contribution in [0.3, 0.4) is 0 Å². The first-order valence-electron chi connectivity index (χ1n) is 10.0. The van der Waals surface area contributed by atoms with Gasteiger partial charge in [-0.15, -0.1) is 10.2 Å². The predicted octanol–water partition coefficient (Wildman–Crippen LogP) is 4.05. The van der Waals surface area contributed by atoms with Crippen molar-refractivity contribution in [3.8, 4) is 0 Å². The number of likely N-dealkylation sites (tertiary alicyclic amines) is 1. The fourth-order valence-electron chi connectivity index (χ4n) is 3.65. The summed E-state index contributed by atoms with van der Waals surface area (Å²) in [5.41, 5.74) is 1.33. The topological polar surface area (TPSA) is 88.8 Å². The highest BCUT2D eigenvalue weighted by atomic mass is 16.6. The molecular formula is C22H25N5O3. The largest absolute Gasteiger partial charge is 0.444 e. The molecular weight excluding hydrogens is 382 g/mol. The second-order valence-electron chi connectivity index (χ2n) is 8.35. The van der Waals surface area contributed by atoms with E-state index in [1.54, 1.807) is 45.0 Å². The first kappa shape index (κ1) is 19.9. The molecule has 4 rings (SSSR count). The molecule has 1 N–H and O–H groups in total. The molecule has 0 saturated carbocycles. The molecule has 1 aromatic carbocycles. The quantitative estimate of drug-likeness (QED) is 0.707. The van der Waals surface area contributed by atoms with E-state index in [0.717, 1.165) is 24.3 Å². The smallest absolute Gasteiger partial charge is 0.412 e. The van der Waals surface area contributed by atoms with Gasteiger partial charge in [0.1, 0.15) is 5.60 Å². The first-order valence-corrected chi connectivity index (χ1v) is 10.0. The molecule has 0 aliphatic carbocycles. The maximum Gasteiger partial charge on any atom is 0.412 e. The number of pyridine rings is 1. The number of aromatic nitrogens is 3. The lowest BCUT2D eigenvalue weighted by atomic mass is 10.1. The van der Waals surface area contributed by atoms with Crippen LogP contribution >= 0.6 is 0 Å². The van der Waals surface area contributed by atoms with Crippen molar-refractivity contribution >= 4 is 23.3 Å². The predicted molar refractivity (Wildman–Crippen MR) is 112 cm³/mol. The van der Waals surface area contributed by atoms with E-state index in [1.807, 2.05) is 33.7 Å². The molecule has 156 valence electrons. The summed E-state index contributed by atoms with van der Waals surface area (Å²) in [6.07, 6.45) is 3.15. The van der Waals surface area contributed by atoms with E-state index in [0.29, 0.717) is 17.8 Å². The average Bonchev–Trinajstić information content (AvgIpc) is 3.33. The second kappa shape index (κ2) is 7.78. The number of hydrogen-bond acceptors (Lipinski definition) is 5. The molecule has 1 saturated heterocycles. The van der Waals surface area contributed by atoms with Crippen molar-refractivity contribution < 1.29 is 14.3 Å². The van der Waals surface area contributed by atoms with Crippen molar-refractivity contribution in [1.29, 1.82) is 0 Å². The van der Waals surface area contributed by atoms with Gasteiger partial charge in [-0.1, -0.05) is 6.07 Å². The maximum atomic E-state index is 13.2. The summed E-state index contributed by atoms with van der Waals surface area (Å²) in [6, 6.07) is 12.5. The van der Waals surface area contributed by atoms with E-state index in [2.05, 4.69) is 15.5 Å². The highest BCUT2D eigenvalue weighted by Gasteiger charge is 2.33. The fraction of sp³-hybridized carbons (Fsp3) is 0.364. The standard InChI is InChI=1S/C22H25N5O3/c1-22(2,3)30-21(29)23-16-11-9-15(10-12-16)20(28)26-14-6-7-17(26)19-25-24-18-8-4-5-13-27(18)19/h4-5,8-13,17H,6-7,14H2,1-3H3,(H,23,29)/t17-/m1/s1. The number of fused-ring (bicyclic) bond motifs is 1. The molecule has 0 bridgehead atoms. The molecule has 1 aliphatic rings. The van der Waals surface area contributed by atoms with Crippen molar-refractivity contribution in [2.24, 2.45) is 0 Å². The maximum absolute atomic E-state index is 13.2. The van der Waals surface area contributed by atoms with Crippen LogP contribution in [-0.4, -0.2) is 43.6 Å². The Balaban J connectivity index is 1.49. The summed E-state index contributed by atoms with van der Waals surface area (Å²) < 4.78 is 7.19. The highest BCUT2D eigenvalue weighted by Crippen LogP contribution is 2.32. The van der Waals surface area contributed by atoms with Gasteiger partial charge in [0.2, 0.25) is 0 Å². The molecule has 30 heavy (non-hydrogen) atoms. The van der Waals surface area contributed by atoms with Gasteiger partial charge < -0.3 is 9.64 Å². The van der Waals surface area contributed by atoms with Gasteiger partial charge in [-0.25, -0.2) is 4.79 Å². The third-order valence-corrected chi connectivity index (χ3v) is 4.93. The summed E-state index contributed by atoms with van der Waals surface area (Å²) in [5, 5.41) is 11.2. The number of rotatable bonds is 3. The average molecular weight is 407 g/mol. The lowest BCUT2D eigenvalue weighted by Gasteiger charge is -2.23. The van der Waals surface area contributed by atoms with Gasteiger partial charge in [0.05, 0.1) is 6.04 Å². The number of nitrogens with zero attached hydrogens (tertiary/aromatic N) is 4. The van der Waals surface area contributed by atoms with Crippen LogP contribution in [0.4, 0.5) is 10.5 Å². The van der Waals surface area contributed by atoms with Crippen molar-refractivity contribution in [1.82, 2.24) is 19.5 Å². The molecule has 1 fully saturated rings. The first-order chi connectivity index (χ1) is 14.3. The van der Waals surface area contributed by atoms with Crippen molar-refractivity contribution in [3.05, 3.63) is 60.0 Å². The number of anilines is 1. The Morgan fingerprint density at radius 1 is 1.10 bits per heavy atom. The Kier molecular flexibility index (Phi) is 5.15. The lowest BCUT2D eigenvalue weighted by Crippen LogP contribution is -2.31. The van der Waals surface area contributed by atoms with E-state index in [4.69, 9.17) is 4.74 Å². The molecule has 0 unspecified atom stereocenters. The van der Waals surface area contributed by atoms with E-state index in [-0.39, 0.29) is 11.9 Å². The van der Waals surface area contributed by atoms with E-state index >= 15 is 0 Å². The molecule has 3 aromatic rings. The Morgan fingerprint density at radius 2 is 1.87 bits per heavy atom. The van der Waals surface area contributed by atoms with Crippen LogP contribution in [0.15, 0.2) is 48.7 Å². The molecule has 1 atom stereocenters. The number of benzene rings is 1. The zero-order valence-corrected chi connectivity index (χ0v) is 17.3. The number of amides is 2. The van der Waals surface area contributed by atoms with Crippen molar-refractivity contribution in [2.45, 2.75) is 45.3 Å². The monoisotopic (exact) mass is 407 g/mol. The summed E-state index contributed by atoms with van der Waals surface area (Å²) in [6.45, 7) is 6.08. The molecule has 1 aliphatic heterocycles. The van der Waals surface area contributed by atoms with Gasteiger partial charge >= 0.3 is 6.09 Å². The Morgan fingerprint density at radius 3 is 2.60 bits per heavy atom. The Bertz CT molecular complexity index is 1070. The lowest BCUT2D eigenvalue weighted by molar-refractivity contribution is 0.0635.